The van der Waals surface area contributed by atoms with E-state index in [9.17, 15) is 0 Å². The fraction of sp³-hybridized carbons (Fsp3) is 0.571. The van der Waals surface area contributed by atoms with Crippen LogP contribution in [0.2, 0.25) is 0 Å². The van der Waals surface area contributed by atoms with Gasteiger partial charge in [0.2, 0.25) is 0 Å². The molecule has 90 valence electrons. The molecule has 1 aromatic carbocycles. The second-order valence-corrected chi connectivity index (χ2v) is 4.60. The average Bonchev–Trinajstić information content (AvgIpc) is 2.29. The van der Waals surface area contributed by atoms with Gasteiger partial charge in [-0.25, -0.2) is 0 Å². The van der Waals surface area contributed by atoms with E-state index in [0.29, 0.717) is 12.5 Å². The number of hydrogen-bond donors (Lipinski definition) is 1. The topological polar surface area (TPSA) is 23.5 Å². The van der Waals surface area contributed by atoms with Gasteiger partial charge < -0.3 is 10.0 Å². The lowest BCUT2D eigenvalue weighted by atomic mass is 10.0. The van der Waals surface area contributed by atoms with Gasteiger partial charge in [-0.1, -0.05) is 26.0 Å². The summed E-state index contributed by atoms with van der Waals surface area (Å²) >= 11 is 0. The Hall–Kier alpha value is -1.02. The molecule has 2 heteroatoms. The first-order valence-electron chi connectivity index (χ1n) is 6.07. The Kier molecular flexibility index (Phi) is 5.33. The van der Waals surface area contributed by atoms with E-state index in [1.807, 2.05) is 0 Å². The molecule has 1 rings (SSSR count). The number of rotatable bonds is 6. The van der Waals surface area contributed by atoms with Crippen molar-refractivity contribution in [2.24, 2.45) is 0 Å². The number of nitrogens with zero attached hydrogens (tertiary/aromatic N) is 1. The summed E-state index contributed by atoms with van der Waals surface area (Å²) in [4.78, 5) is 2.25. The van der Waals surface area contributed by atoms with Crippen LogP contribution in [0, 0.1) is 0 Å². The van der Waals surface area contributed by atoms with Crippen LogP contribution in [0.3, 0.4) is 0 Å². The second-order valence-electron chi connectivity index (χ2n) is 4.60. The van der Waals surface area contributed by atoms with E-state index < -0.39 is 0 Å². The third kappa shape index (κ3) is 3.86. The largest absolute Gasteiger partial charge is 0.396 e. The van der Waals surface area contributed by atoms with Crippen LogP contribution in [0.15, 0.2) is 24.3 Å². The quantitative estimate of drug-likeness (QED) is 0.746. The van der Waals surface area contributed by atoms with Gasteiger partial charge in [0, 0.05) is 25.9 Å². The van der Waals surface area contributed by atoms with Crippen LogP contribution in [0.4, 0.5) is 5.69 Å². The second kappa shape index (κ2) is 6.54. The molecule has 2 nitrogen and oxygen atoms in total. The van der Waals surface area contributed by atoms with Gasteiger partial charge in [0.25, 0.3) is 0 Å². The molecule has 1 N–H and O–H groups in total. The molecule has 0 aliphatic rings. The van der Waals surface area contributed by atoms with Gasteiger partial charge in [0.1, 0.15) is 0 Å². The normalized spacial score (nSPS) is 10.8. The van der Waals surface area contributed by atoms with Crippen molar-refractivity contribution in [3.8, 4) is 0 Å². The Balaban J connectivity index is 2.60. The predicted octanol–water partition coefficient (Wildman–Crippen LogP) is 3.02. The smallest absolute Gasteiger partial charge is 0.0431 e. The van der Waals surface area contributed by atoms with Gasteiger partial charge in [-0.15, -0.1) is 0 Å². The van der Waals surface area contributed by atoms with Gasteiger partial charge in [-0.3, -0.25) is 0 Å². The molecule has 0 atom stereocenters. The first kappa shape index (κ1) is 13.0. The van der Waals surface area contributed by atoms with E-state index in [2.05, 4.69) is 50.1 Å². The molecule has 0 bridgehead atoms. The first-order valence-corrected chi connectivity index (χ1v) is 6.07. The molecule has 0 spiro atoms. The zero-order valence-corrected chi connectivity index (χ0v) is 10.6. The van der Waals surface area contributed by atoms with E-state index in [1.165, 1.54) is 11.3 Å². The molecular weight excluding hydrogens is 198 g/mol. The molecule has 1 aromatic rings. The van der Waals surface area contributed by atoms with E-state index in [-0.39, 0.29) is 0 Å². The molecule has 0 heterocycles. The lowest BCUT2D eigenvalue weighted by Gasteiger charge is -2.20. The minimum atomic E-state index is 0.292. The van der Waals surface area contributed by atoms with Crippen LogP contribution in [-0.4, -0.2) is 25.3 Å². The number of anilines is 1. The van der Waals surface area contributed by atoms with Crippen LogP contribution in [-0.2, 0) is 0 Å². The Morgan fingerprint density at radius 1 is 1.25 bits per heavy atom. The predicted molar refractivity (Wildman–Crippen MR) is 70.1 cm³/mol. The van der Waals surface area contributed by atoms with Gasteiger partial charge in [-0.05, 0) is 36.5 Å². The summed E-state index contributed by atoms with van der Waals surface area (Å²) in [7, 11) is 2.11. The van der Waals surface area contributed by atoms with Crippen molar-refractivity contribution in [3.05, 3.63) is 29.8 Å². The molecule has 0 radical (unpaired) electrons. The Morgan fingerprint density at radius 2 is 2.00 bits per heavy atom. The van der Waals surface area contributed by atoms with Crippen molar-refractivity contribution < 1.29 is 5.11 Å². The van der Waals surface area contributed by atoms with Crippen LogP contribution >= 0.6 is 0 Å². The van der Waals surface area contributed by atoms with Crippen molar-refractivity contribution in [2.75, 3.05) is 25.1 Å². The number of benzene rings is 1. The Bertz CT molecular complexity index is 309. The van der Waals surface area contributed by atoms with Crippen molar-refractivity contribution in [3.63, 3.8) is 0 Å². The highest BCUT2D eigenvalue weighted by atomic mass is 16.2. The van der Waals surface area contributed by atoms with Crippen molar-refractivity contribution in [1.82, 2.24) is 0 Å². The maximum Gasteiger partial charge on any atom is 0.0431 e. The van der Waals surface area contributed by atoms with E-state index in [4.69, 9.17) is 5.11 Å². The van der Waals surface area contributed by atoms with Crippen LogP contribution in [0.1, 0.15) is 38.2 Å². The fourth-order valence-electron chi connectivity index (χ4n) is 1.71. The standard InChI is InChI=1S/C14H23NO/c1-12(2)13-7-6-8-14(11-13)15(3)9-4-5-10-16/h6-8,11-12,16H,4-5,9-10H2,1-3H3. The highest BCUT2D eigenvalue weighted by Crippen LogP contribution is 2.20. The minimum absolute atomic E-state index is 0.292. The third-order valence-corrected chi connectivity index (χ3v) is 2.88. The molecule has 0 amide bonds. The van der Waals surface area contributed by atoms with Crippen LogP contribution < -0.4 is 4.90 Å². The minimum Gasteiger partial charge on any atom is -0.396 e. The lowest BCUT2D eigenvalue weighted by Crippen LogP contribution is -2.18. The number of aliphatic hydroxyl groups is 1. The van der Waals surface area contributed by atoms with Gasteiger partial charge in [-0.2, -0.15) is 0 Å². The van der Waals surface area contributed by atoms with Crippen LogP contribution in [0.5, 0.6) is 0 Å². The average molecular weight is 221 g/mol. The zero-order valence-electron chi connectivity index (χ0n) is 10.6. The summed E-state index contributed by atoms with van der Waals surface area (Å²) in [6.45, 7) is 5.72. The third-order valence-electron chi connectivity index (χ3n) is 2.88. The summed E-state index contributed by atoms with van der Waals surface area (Å²) in [5, 5.41) is 8.75. The number of hydrogen-bond acceptors (Lipinski definition) is 2. The highest BCUT2D eigenvalue weighted by Gasteiger charge is 2.03. The highest BCUT2D eigenvalue weighted by molar-refractivity contribution is 5.48. The number of unbranched alkanes of at least 4 members (excludes halogenated alkanes) is 1. The Morgan fingerprint density at radius 3 is 2.62 bits per heavy atom. The van der Waals surface area contributed by atoms with Gasteiger partial charge in [0.15, 0.2) is 0 Å². The fourth-order valence-corrected chi connectivity index (χ4v) is 1.71. The summed E-state index contributed by atoms with van der Waals surface area (Å²) in [6, 6.07) is 8.69. The maximum atomic E-state index is 8.75. The molecule has 0 aromatic heterocycles. The summed E-state index contributed by atoms with van der Waals surface area (Å²) in [6.07, 6.45) is 1.92. The van der Waals surface area contributed by atoms with Gasteiger partial charge in [0.05, 0.1) is 0 Å². The van der Waals surface area contributed by atoms with Crippen molar-refractivity contribution in [1.29, 1.82) is 0 Å². The zero-order chi connectivity index (χ0) is 12.0. The van der Waals surface area contributed by atoms with E-state index in [0.717, 1.165) is 19.4 Å². The molecule has 0 saturated heterocycles. The SMILES string of the molecule is CC(C)c1cccc(N(C)CCCCO)c1. The first-order chi connectivity index (χ1) is 7.65. The summed E-state index contributed by atoms with van der Waals surface area (Å²) < 4.78 is 0. The molecule has 0 unspecified atom stereocenters. The molecule has 0 aliphatic carbocycles. The van der Waals surface area contributed by atoms with E-state index >= 15 is 0 Å². The molecule has 0 saturated carbocycles. The number of aliphatic hydroxyl groups excluding tert-OH is 1. The van der Waals surface area contributed by atoms with Crippen LogP contribution in [0.25, 0.3) is 0 Å². The van der Waals surface area contributed by atoms with E-state index in [1.54, 1.807) is 0 Å². The van der Waals surface area contributed by atoms with Crippen molar-refractivity contribution >= 4 is 5.69 Å². The summed E-state index contributed by atoms with van der Waals surface area (Å²) in [5.74, 6) is 0.575. The van der Waals surface area contributed by atoms with Crippen molar-refractivity contribution in [2.45, 2.75) is 32.6 Å². The monoisotopic (exact) mass is 221 g/mol. The lowest BCUT2D eigenvalue weighted by molar-refractivity contribution is 0.285. The molecule has 0 fully saturated rings. The maximum absolute atomic E-state index is 8.75. The van der Waals surface area contributed by atoms with Gasteiger partial charge >= 0.3 is 0 Å². The summed E-state index contributed by atoms with van der Waals surface area (Å²) in [5.41, 5.74) is 2.65. The Labute approximate surface area is 98.9 Å². The molecule has 0 aliphatic heterocycles. The molecular formula is C14H23NO. The molecule has 16 heavy (non-hydrogen) atoms.